The number of ether oxygens (including phenoxy) is 2. The van der Waals surface area contributed by atoms with Crippen molar-refractivity contribution in [3.63, 3.8) is 0 Å². The van der Waals surface area contributed by atoms with Crippen molar-refractivity contribution in [2.75, 3.05) is 31.3 Å². The Balaban J connectivity index is 1.77. The van der Waals surface area contributed by atoms with Gasteiger partial charge in [-0.2, -0.15) is 0 Å². The number of carbonyl (C=O) groups is 2. The number of esters is 1. The predicted octanol–water partition coefficient (Wildman–Crippen LogP) is 3.52. The average molecular weight is 445 g/mol. The second-order valence-corrected chi connectivity index (χ2v) is 7.22. The van der Waals surface area contributed by atoms with Gasteiger partial charge in [0.1, 0.15) is 12.3 Å². The van der Waals surface area contributed by atoms with Crippen molar-refractivity contribution in [1.29, 1.82) is 0 Å². The first-order valence-corrected chi connectivity index (χ1v) is 10.8. The fourth-order valence-electron chi connectivity index (χ4n) is 2.99. The van der Waals surface area contributed by atoms with Crippen LogP contribution in [0.1, 0.15) is 24.2 Å². The number of thioether (sulfide) groups is 1. The van der Waals surface area contributed by atoms with Crippen molar-refractivity contribution in [1.82, 2.24) is 14.8 Å². The number of Topliss-reactive ketones (excluding diaryl/α,β-unsaturated/α-hetero) is 1. The van der Waals surface area contributed by atoms with E-state index in [1.165, 1.54) is 18.9 Å². The highest BCUT2D eigenvalue weighted by Crippen LogP contribution is 2.30. The van der Waals surface area contributed by atoms with E-state index < -0.39 is 5.97 Å². The van der Waals surface area contributed by atoms with Crippen LogP contribution in [0.3, 0.4) is 0 Å². The molecule has 10 heteroatoms. The molecular weight excluding hydrogens is 420 g/mol. The number of carbonyl (C=O) groups excluding carboxylic acids is 2. The molecule has 0 bridgehead atoms. The van der Waals surface area contributed by atoms with Gasteiger partial charge in [-0.05, 0) is 38.1 Å². The van der Waals surface area contributed by atoms with Gasteiger partial charge in [0.2, 0.25) is 0 Å². The second kappa shape index (κ2) is 10.7. The van der Waals surface area contributed by atoms with Gasteiger partial charge in [-0.1, -0.05) is 17.8 Å². The highest BCUT2D eigenvalue weighted by atomic mass is 32.2. The van der Waals surface area contributed by atoms with Crippen LogP contribution in [0, 0.1) is 0 Å². The van der Waals surface area contributed by atoms with E-state index >= 15 is 0 Å². The number of benzene rings is 1. The van der Waals surface area contributed by atoms with Crippen LogP contribution >= 0.6 is 11.8 Å². The van der Waals surface area contributed by atoms with E-state index in [1.807, 2.05) is 17.6 Å². The van der Waals surface area contributed by atoms with Crippen molar-refractivity contribution in [2.24, 2.45) is 0 Å². The maximum absolute atomic E-state index is 13.1. The van der Waals surface area contributed by atoms with Gasteiger partial charge < -0.3 is 19.2 Å². The number of anilines is 1. The maximum Gasteiger partial charge on any atom is 0.325 e. The molecule has 164 valence electrons. The molecule has 9 nitrogen and oxygen atoms in total. The number of nitrogens with one attached hydrogen (secondary N) is 1. The SMILES string of the molecule is CCOC(=O)CNc1cccc(OC)c1C(=O)CSc1nnc(-c2ccco2)n1CC. The molecule has 1 N–H and O–H groups in total. The molecular formula is C21H24N4O5S. The van der Waals surface area contributed by atoms with Gasteiger partial charge in [-0.25, -0.2) is 0 Å². The maximum atomic E-state index is 13.1. The Hall–Kier alpha value is -3.27. The zero-order chi connectivity index (χ0) is 22.2. The van der Waals surface area contributed by atoms with E-state index in [0.29, 0.717) is 46.9 Å². The van der Waals surface area contributed by atoms with Crippen LogP contribution in [0.4, 0.5) is 5.69 Å². The number of nitrogens with zero attached hydrogens (tertiary/aromatic N) is 3. The van der Waals surface area contributed by atoms with Crippen LogP contribution in [0.15, 0.2) is 46.2 Å². The van der Waals surface area contributed by atoms with Crippen LogP contribution in [0.2, 0.25) is 0 Å². The highest BCUT2D eigenvalue weighted by molar-refractivity contribution is 7.99. The smallest absolute Gasteiger partial charge is 0.325 e. The number of methoxy groups -OCH3 is 1. The van der Waals surface area contributed by atoms with E-state index in [4.69, 9.17) is 13.9 Å². The first-order chi connectivity index (χ1) is 15.1. The van der Waals surface area contributed by atoms with Gasteiger partial charge in [0, 0.05) is 12.2 Å². The van der Waals surface area contributed by atoms with Crippen molar-refractivity contribution in [3.05, 3.63) is 42.2 Å². The van der Waals surface area contributed by atoms with E-state index in [9.17, 15) is 9.59 Å². The monoisotopic (exact) mass is 444 g/mol. The Morgan fingerprint density at radius 2 is 2.03 bits per heavy atom. The van der Waals surface area contributed by atoms with Crippen molar-refractivity contribution in [3.8, 4) is 17.3 Å². The van der Waals surface area contributed by atoms with Crippen molar-refractivity contribution in [2.45, 2.75) is 25.5 Å². The summed E-state index contributed by atoms with van der Waals surface area (Å²) in [6.45, 7) is 4.58. The Bertz CT molecular complexity index is 1030. The summed E-state index contributed by atoms with van der Waals surface area (Å²) in [6, 6.07) is 8.78. The zero-order valence-electron chi connectivity index (χ0n) is 17.6. The molecule has 0 saturated carbocycles. The fourth-order valence-corrected chi connectivity index (χ4v) is 3.86. The average Bonchev–Trinajstić information content (AvgIpc) is 3.45. The fraction of sp³-hybridized carbons (Fsp3) is 0.333. The summed E-state index contributed by atoms with van der Waals surface area (Å²) in [5, 5.41) is 12.0. The third kappa shape index (κ3) is 5.26. The van der Waals surface area contributed by atoms with Crippen LogP contribution in [0.25, 0.3) is 11.6 Å². The van der Waals surface area contributed by atoms with E-state index in [-0.39, 0.29) is 18.1 Å². The second-order valence-electron chi connectivity index (χ2n) is 6.28. The first-order valence-electron chi connectivity index (χ1n) is 9.78. The van der Waals surface area contributed by atoms with E-state index in [2.05, 4.69) is 15.5 Å². The number of aromatic nitrogens is 3. The molecule has 0 saturated heterocycles. The van der Waals surface area contributed by atoms with Gasteiger partial charge in [-0.15, -0.1) is 10.2 Å². The standard InChI is InChI=1S/C21H24N4O5S/c1-4-25-20(17-10-7-11-30-17)23-24-21(25)31-13-15(26)19-14(8-6-9-16(19)28-3)22-12-18(27)29-5-2/h6-11,22H,4-5,12-13H2,1-3H3. The molecule has 0 radical (unpaired) electrons. The number of hydrogen-bond acceptors (Lipinski definition) is 9. The molecule has 1 aromatic carbocycles. The molecule has 3 aromatic rings. The Morgan fingerprint density at radius 1 is 1.19 bits per heavy atom. The van der Waals surface area contributed by atoms with E-state index in [0.717, 1.165) is 0 Å². The summed E-state index contributed by atoms with van der Waals surface area (Å²) < 4.78 is 17.6. The van der Waals surface area contributed by atoms with Crippen LogP contribution < -0.4 is 10.1 Å². The molecule has 0 unspecified atom stereocenters. The summed E-state index contributed by atoms with van der Waals surface area (Å²) in [5.41, 5.74) is 0.877. The third-order valence-corrected chi connectivity index (χ3v) is 5.33. The van der Waals surface area contributed by atoms with Gasteiger partial charge in [-0.3, -0.25) is 14.2 Å². The largest absolute Gasteiger partial charge is 0.496 e. The normalized spacial score (nSPS) is 10.7. The lowest BCUT2D eigenvalue weighted by Gasteiger charge is -2.14. The lowest BCUT2D eigenvalue weighted by Crippen LogP contribution is -2.19. The topological polar surface area (TPSA) is 108 Å². The molecule has 31 heavy (non-hydrogen) atoms. The number of furan rings is 1. The van der Waals surface area contributed by atoms with Crippen LogP contribution in [-0.4, -0.2) is 52.5 Å². The minimum atomic E-state index is -0.403. The van der Waals surface area contributed by atoms with Crippen molar-refractivity contribution < 1.29 is 23.5 Å². The minimum Gasteiger partial charge on any atom is -0.496 e. The molecule has 2 heterocycles. The molecule has 0 atom stereocenters. The molecule has 0 amide bonds. The minimum absolute atomic E-state index is 0.0505. The molecule has 0 aliphatic heterocycles. The number of rotatable bonds is 11. The van der Waals surface area contributed by atoms with Gasteiger partial charge in [0.25, 0.3) is 0 Å². The molecule has 2 aromatic heterocycles. The summed E-state index contributed by atoms with van der Waals surface area (Å²) in [7, 11) is 1.50. The molecule has 0 fully saturated rings. The van der Waals surface area contributed by atoms with Gasteiger partial charge in [0.15, 0.2) is 22.5 Å². The summed E-state index contributed by atoms with van der Waals surface area (Å²) >= 11 is 1.28. The lowest BCUT2D eigenvalue weighted by atomic mass is 10.1. The third-order valence-electron chi connectivity index (χ3n) is 4.36. The molecule has 0 spiro atoms. The summed E-state index contributed by atoms with van der Waals surface area (Å²) in [5.74, 6) is 1.19. The molecule has 0 aliphatic rings. The van der Waals surface area contributed by atoms with Gasteiger partial charge in [0.05, 0.1) is 31.3 Å². The van der Waals surface area contributed by atoms with Gasteiger partial charge >= 0.3 is 5.97 Å². The summed E-state index contributed by atoms with van der Waals surface area (Å²) in [4.78, 5) is 24.8. The van der Waals surface area contributed by atoms with Crippen LogP contribution in [0.5, 0.6) is 5.75 Å². The van der Waals surface area contributed by atoms with Crippen LogP contribution in [-0.2, 0) is 16.1 Å². The summed E-state index contributed by atoms with van der Waals surface area (Å²) in [6.07, 6.45) is 1.58. The number of hydrogen-bond donors (Lipinski definition) is 1. The number of ketones is 1. The zero-order valence-corrected chi connectivity index (χ0v) is 18.4. The molecule has 0 aliphatic carbocycles. The lowest BCUT2D eigenvalue weighted by molar-refractivity contribution is -0.140. The Kier molecular flexibility index (Phi) is 7.71. The molecule has 3 rings (SSSR count). The quantitative estimate of drug-likeness (QED) is 0.270. The van der Waals surface area contributed by atoms with E-state index in [1.54, 1.807) is 37.5 Å². The Labute approximate surface area is 184 Å². The predicted molar refractivity (Wildman–Crippen MR) is 117 cm³/mol. The van der Waals surface area contributed by atoms with Crippen molar-refractivity contribution >= 4 is 29.2 Å². The first kappa shape index (κ1) is 22.4. The highest BCUT2D eigenvalue weighted by Gasteiger charge is 2.21. The Morgan fingerprint density at radius 3 is 2.71 bits per heavy atom.